The molecule has 176 valence electrons. The van der Waals surface area contributed by atoms with Crippen LogP contribution in [0.15, 0.2) is 71.2 Å². The van der Waals surface area contributed by atoms with Crippen molar-refractivity contribution in [3.63, 3.8) is 0 Å². The van der Waals surface area contributed by atoms with Crippen LogP contribution in [0.1, 0.15) is 27.0 Å². The summed E-state index contributed by atoms with van der Waals surface area (Å²) in [4.78, 5) is 26.5. The number of aromatic hydroxyl groups is 1. The first-order valence-electron chi connectivity index (χ1n) is 11.0. The summed E-state index contributed by atoms with van der Waals surface area (Å²) in [7, 11) is 5.40. The zero-order chi connectivity index (χ0) is 24.5. The van der Waals surface area contributed by atoms with Gasteiger partial charge >= 0.3 is 5.97 Å². The van der Waals surface area contributed by atoms with Crippen LogP contribution in [-0.4, -0.2) is 52.9 Å². The zero-order valence-electron chi connectivity index (χ0n) is 19.6. The van der Waals surface area contributed by atoms with Crippen molar-refractivity contribution >= 4 is 49.8 Å². The molecule has 8 heteroatoms. The molecule has 2 aromatic heterocycles. The summed E-state index contributed by atoms with van der Waals surface area (Å²) in [6, 6.07) is 19.2. The monoisotopic (exact) mass is 484 g/mol. The molecule has 0 amide bonds. The molecule has 0 saturated carbocycles. The molecule has 3 aromatic carbocycles. The summed E-state index contributed by atoms with van der Waals surface area (Å²) in [5, 5.41) is 11.7. The number of thiazole rings is 1. The third kappa shape index (κ3) is 4.53. The molecule has 5 aromatic rings. The number of H-pyrrole nitrogens is 1. The van der Waals surface area contributed by atoms with Crippen LogP contribution in [0, 0.1) is 0 Å². The molecule has 5 rings (SSSR count). The molecule has 0 unspecified atom stereocenters. The summed E-state index contributed by atoms with van der Waals surface area (Å²) in [6.07, 6.45) is 0. The first kappa shape index (κ1) is 22.8. The van der Waals surface area contributed by atoms with Crippen molar-refractivity contribution in [3.05, 3.63) is 88.4 Å². The summed E-state index contributed by atoms with van der Waals surface area (Å²) in [6.45, 7) is 0.836. The number of esters is 1. The number of carbonyl (C=O) groups is 1. The van der Waals surface area contributed by atoms with Crippen LogP contribution in [0.2, 0.25) is 0 Å². The van der Waals surface area contributed by atoms with Gasteiger partial charge in [0.05, 0.1) is 45.4 Å². The smallest absolute Gasteiger partial charge is 0.337 e. The topological polar surface area (TPSA) is 90.8 Å². The van der Waals surface area contributed by atoms with E-state index in [9.17, 15) is 9.90 Å². The van der Waals surface area contributed by atoms with E-state index in [0.717, 1.165) is 33.4 Å². The summed E-state index contributed by atoms with van der Waals surface area (Å²) < 4.78 is 5.91. The number of methoxy groups -OCH3 is 1. The average molecular weight is 485 g/mol. The van der Waals surface area contributed by atoms with Gasteiger partial charge in [0, 0.05) is 23.0 Å². The molecule has 0 aliphatic heterocycles. The van der Waals surface area contributed by atoms with Crippen LogP contribution in [-0.2, 0) is 11.3 Å². The second-order valence-electron chi connectivity index (χ2n) is 8.50. The molecule has 35 heavy (non-hydrogen) atoms. The van der Waals surface area contributed by atoms with E-state index >= 15 is 0 Å². The largest absolute Gasteiger partial charge is 0.494 e. The fraction of sp³-hybridized carbons (Fsp3) is 0.148. The molecule has 0 saturated heterocycles. The first-order valence-corrected chi connectivity index (χ1v) is 11.9. The Hall–Kier alpha value is -4.01. The van der Waals surface area contributed by atoms with Crippen LogP contribution >= 0.6 is 11.3 Å². The molecule has 0 atom stereocenters. The van der Waals surface area contributed by atoms with Gasteiger partial charge < -0.3 is 19.7 Å². The zero-order valence-corrected chi connectivity index (χ0v) is 20.4. The van der Waals surface area contributed by atoms with Gasteiger partial charge in [-0.15, -0.1) is 11.3 Å². The van der Waals surface area contributed by atoms with Crippen LogP contribution in [0.4, 0.5) is 5.69 Å². The van der Waals surface area contributed by atoms with Crippen LogP contribution in [0.5, 0.6) is 5.88 Å². The highest BCUT2D eigenvalue weighted by Crippen LogP contribution is 2.33. The minimum atomic E-state index is -0.441. The number of nitrogens with one attached hydrogen (secondary N) is 1. The Morgan fingerprint density at radius 2 is 1.86 bits per heavy atom. The molecule has 0 spiro atoms. The number of aromatic amines is 1. The van der Waals surface area contributed by atoms with Gasteiger partial charge in [0.25, 0.3) is 0 Å². The van der Waals surface area contributed by atoms with Gasteiger partial charge in [0.1, 0.15) is 0 Å². The maximum absolute atomic E-state index is 12.0. The van der Waals surface area contributed by atoms with Crippen molar-refractivity contribution < 1.29 is 14.6 Å². The lowest BCUT2D eigenvalue weighted by molar-refractivity contribution is 0.0601. The van der Waals surface area contributed by atoms with Crippen molar-refractivity contribution in [1.29, 1.82) is 0 Å². The number of aliphatic imine (C=N–C) groups is 1. The van der Waals surface area contributed by atoms with E-state index in [0.29, 0.717) is 22.4 Å². The number of rotatable bonds is 6. The van der Waals surface area contributed by atoms with E-state index in [1.807, 2.05) is 49.9 Å². The Morgan fingerprint density at radius 1 is 1.09 bits per heavy atom. The highest BCUT2D eigenvalue weighted by Gasteiger charge is 2.20. The molecule has 0 aliphatic rings. The summed E-state index contributed by atoms with van der Waals surface area (Å²) in [5.74, 6) is -0.466. The second-order valence-corrected chi connectivity index (χ2v) is 9.39. The van der Waals surface area contributed by atoms with Crippen LogP contribution < -0.4 is 0 Å². The molecule has 7 nitrogen and oxygen atoms in total. The highest BCUT2D eigenvalue weighted by atomic mass is 32.1. The number of fused-ring (bicyclic) bond motifs is 2. The van der Waals surface area contributed by atoms with E-state index in [4.69, 9.17) is 9.73 Å². The second kappa shape index (κ2) is 9.32. The number of nitrogens with zero attached hydrogens (tertiary/aromatic N) is 3. The number of ether oxygens (including phenoxy) is 1. The Kier molecular flexibility index (Phi) is 6.07. The van der Waals surface area contributed by atoms with Gasteiger partial charge in [-0.1, -0.05) is 24.3 Å². The van der Waals surface area contributed by atoms with Gasteiger partial charge in [-0.05, 0) is 56.1 Å². The highest BCUT2D eigenvalue weighted by molar-refractivity contribution is 7.16. The van der Waals surface area contributed by atoms with E-state index in [2.05, 4.69) is 27.0 Å². The number of hydrogen-bond donors (Lipinski definition) is 2. The maximum Gasteiger partial charge on any atom is 0.337 e. The van der Waals surface area contributed by atoms with Crippen molar-refractivity contribution in [2.24, 2.45) is 4.99 Å². The number of carbonyl (C=O) groups excluding carboxylic acids is 1. The Bertz CT molecular complexity index is 1560. The predicted octanol–water partition coefficient (Wildman–Crippen LogP) is 5.50. The maximum atomic E-state index is 12.0. The summed E-state index contributed by atoms with van der Waals surface area (Å²) in [5.41, 5.74) is 7.63. The Balaban J connectivity index is 1.68. The molecule has 0 bridgehead atoms. The van der Waals surface area contributed by atoms with Gasteiger partial charge in [-0.3, -0.25) is 0 Å². The quantitative estimate of drug-likeness (QED) is 0.245. The fourth-order valence-corrected chi connectivity index (χ4v) is 4.77. The molecular formula is C27H24N4O3S. The molecule has 2 heterocycles. The van der Waals surface area contributed by atoms with E-state index in [1.54, 1.807) is 29.5 Å². The van der Waals surface area contributed by atoms with Crippen molar-refractivity contribution in [3.8, 4) is 5.88 Å². The first-order chi connectivity index (χ1) is 16.9. The number of hydrogen-bond acceptors (Lipinski definition) is 7. The SMILES string of the molecule is COC(=O)c1ccc2c(C(=Nc3ccc(CN(C)C)cc3)c3ccc4scnc4c3)c(O)[nH]c2c1. The number of aromatic nitrogens is 2. The third-order valence-electron chi connectivity index (χ3n) is 5.72. The van der Waals surface area contributed by atoms with Gasteiger partial charge in [0.15, 0.2) is 5.88 Å². The minimum Gasteiger partial charge on any atom is -0.494 e. The lowest BCUT2D eigenvalue weighted by atomic mass is 9.99. The standard InChI is InChI=1S/C27H24N4O3S/c1-31(2)14-16-4-8-19(9-5-16)29-25(17-7-11-23-22(12-17)28-15-35-23)24-20-10-6-18(27(33)34-3)13-21(20)30-26(24)32/h4-13,15,30,32H,14H2,1-3H3. The van der Waals surface area contributed by atoms with Crippen molar-refractivity contribution in [2.45, 2.75) is 6.54 Å². The Morgan fingerprint density at radius 3 is 2.60 bits per heavy atom. The minimum absolute atomic E-state index is 0.0247. The van der Waals surface area contributed by atoms with E-state index in [-0.39, 0.29) is 5.88 Å². The fourth-order valence-electron chi connectivity index (χ4n) is 4.11. The normalized spacial score (nSPS) is 12.1. The lowest BCUT2D eigenvalue weighted by Crippen LogP contribution is -2.10. The van der Waals surface area contributed by atoms with Gasteiger partial charge in [-0.2, -0.15) is 0 Å². The van der Waals surface area contributed by atoms with Crippen molar-refractivity contribution in [1.82, 2.24) is 14.9 Å². The molecule has 0 radical (unpaired) electrons. The van der Waals surface area contributed by atoms with E-state index in [1.165, 1.54) is 12.7 Å². The van der Waals surface area contributed by atoms with Gasteiger partial charge in [0.2, 0.25) is 0 Å². The summed E-state index contributed by atoms with van der Waals surface area (Å²) >= 11 is 1.57. The lowest BCUT2D eigenvalue weighted by Gasteiger charge is -2.11. The van der Waals surface area contributed by atoms with Crippen molar-refractivity contribution in [2.75, 3.05) is 21.2 Å². The molecular weight excluding hydrogens is 460 g/mol. The predicted molar refractivity (Wildman–Crippen MR) is 140 cm³/mol. The molecule has 2 N–H and O–H groups in total. The van der Waals surface area contributed by atoms with Gasteiger partial charge in [-0.25, -0.2) is 14.8 Å². The average Bonchev–Trinajstić information content (AvgIpc) is 3.45. The van der Waals surface area contributed by atoms with E-state index < -0.39 is 5.97 Å². The van der Waals surface area contributed by atoms with Crippen LogP contribution in [0.3, 0.4) is 0 Å². The Labute approximate surface area is 206 Å². The number of benzene rings is 3. The molecule has 0 aliphatic carbocycles. The van der Waals surface area contributed by atoms with Crippen LogP contribution in [0.25, 0.3) is 21.1 Å². The molecule has 0 fully saturated rings. The third-order valence-corrected chi connectivity index (χ3v) is 6.53.